The average molecular weight is 245 g/mol. The lowest BCUT2D eigenvalue weighted by atomic mass is 10.1. The van der Waals surface area contributed by atoms with E-state index < -0.39 is 0 Å². The maximum absolute atomic E-state index is 12.0. The molecular formula is C13H15N3O2. The number of methoxy groups -OCH3 is 1. The molecule has 1 amide bonds. The zero-order valence-electron chi connectivity index (χ0n) is 10.4. The normalized spacial score (nSPS) is 10.3. The summed E-state index contributed by atoms with van der Waals surface area (Å²) in [5.74, 6) is -0.143. The highest BCUT2D eigenvalue weighted by Gasteiger charge is 2.07. The van der Waals surface area contributed by atoms with Crippen LogP contribution in [0.4, 0.5) is 5.69 Å². The third-order valence-corrected chi connectivity index (χ3v) is 2.43. The summed E-state index contributed by atoms with van der Waals surface area (Å²) in [6, 6.07) is 7.43. The Kier molecular flexibility index (Phi) is 3.74. The van der Waals surface area contributed by atoms with E-state index in [1.807, 2.05) is 25.1 Å². The zero-order valence-corrected chi connectivity index (χ0v) is 10.4. The molecule has 1 aromatic carbocycles. The van der Waals surface area contributed by atoms with E-state index in [0.717, 1.165) is 5.56 Å². The molecule has 0 saturated carbocycles. The minimum Gasteiger partial charge on any atom is -0.362 e. The number of hydrogen-bond acceptors (Lipinski definition) is 3. The Labute approximate surface area is 105 Å². The molecule has 0 fully saturated rings. The number of aryl methyl sites for hydroxylation is 1. The van der Waals surface area contributed by atoms with E-state index in [2.05, 4.69) is 10.4 Å². The number of carbonyl (C=O) groups is 1. The SMILES string of the molecule is COCn1cc(NC(=O)c2cccc(C)c2)cn1. The second kappa shape index (κ2) is 5.46. The number of rotatable bonds is 4. The van der Waals surface area contributed by atoms with Crippen molar-refractivity contribution in [3.05, 3.63) is 47.8 Å². The van der Waals surface area contributed by atoms with E-state index >= 15 is 0 Å². The van der Waals surface area contributed by atoms with Crippen molar-refractivity contribution in [3.8, 4) is 0 Å². The lowest BCUT2D eigenvalue weighted by Gasteiger charge is -2.03. The van der Waals surface area contributed by atoms with Gasteiger partial charge in [0.2, 0.25) is 0 Å². The van der Waals surface area contributed by atoms with Crippen LogP contribution in [0, 0.1) is 6.92 Å². The fourth-order valence-corrected chi connectivity index (χ4v) is 1.62. The van der Waals surface area contributed by atoms with Gasteiger partial charge < -0.3 is 10.1 Å². The van der Waals surface area contributed by atoms with Gasteiger partial charge in [-0.1, -0.05) is 17.7 Å². The van der Waals surface area contributed by atoms with Crippen molar-refractivity contribution in [2.24, 2.45) is 0 Å². The third-order valence-electron chi connectivity index (χ3n) is 2.43. The third kappa shape index (κ3) is 2.95. The van der Waals surface area contributed by atoms with Crippen LogP contribution in [0.15, 0.2) is 36.7 Å². The summed E-state index contributed by atoms with van der Waals surface area (Å²) in [4.78, 5) is 12.0. The number of hydrogen-bond donors (Lipinski definition) is 1. The minimum atomic E-state index is -0.143. The van der Waals surface area contributed by atoms with Crippen LogP contribution in [-0.4, -0.2) is 22.8 Å². The predicted octanol–water partition coefficient (Wildman–Crippen LogP) is 2.05. The second-order valence-corrected chi connectivity index (χ2v) is 4.01. The molecule has 0 atom stereocenters. The highest BCUT2D eigenvalue weighted by atomic mass is 16.5. The molecule has 0 spiro atoms. The van der Waals surface area contributed by atoms with Crippen molar-refractivity contribution in [1.29, 1.82) is 0 Å². The largest absolute Gasteiger partial charge is 0.362 e. The monoisotopic (exact) mass is 245 g/mol. The topological polar surface area (TPSA) is 56.1 Å². The molecule has 94 valence electrons. The first-order chi connectivity index (χ1) is 8.69. The molecule has 1 N–H and O–H groups in total. The van der Waals surface area contributed by atoms with Crippen LogP contribution in [0.25, 0.3) is 0 Å². The van der Waals surface area contributed by atoms with E-state index in [1.54, 1.807) is 30.3 Å². The standard InChI is InChI=1S/C13H15N3O2/c1-10-4-3-5-11(6-10)13(17)15-12-7-14-16(8-12)9-18-2/h3-8H,9H2,1-2H3,(H,15,17). The van der Waals surface area contributed by atoms with Gasteiger partial charge in [-0.25, -0.2) is 4.68 Å². The fourth-order valence-electron chi connectivity index (χ4n) is 1.62. The Morgan fingerprint density at radius 3 is 3.06 bits per heavy atom. The number of amides is 1. The van der Waals surface area contributed by atoms with Gasteiger partial charge in [0, 0.05) is 12.7 Å². The van der Waals surface area contributed by atoms with Crippen LogP contribution in [0.1, 0.15) is 15.9 Å². The van der Waals surface area contributed by atoms with E-state index in [1.165, 1.54) is 0 Å². The quantitative estimate of drug-likeness (QED) is 0.896. The first-order valence-corrected chi connectivity index (χ1v) is 5.58. The number of anilines is 1. The van der Waals surface area contributed by atoms with Crippen LogP contribution in [0.3, 0.4) is 0 Å². The zero-order chi connectivity index (χ0) is 13.0. The van der Waals surface area contributed by atoms with Crippen molar-refractivity contribution in [3.63, 3.8) is 0 Å². The van der Waals surface area contributed by atoms with Gasteiger partial charge in [-0.2, -0.15) is 5.10 Å². The first kappa shape index (κ1) is 12.3. The van der Waals surface area contributed by atoms with Gasteiger partial charge >= 0.3 is 0 Å². The molecular weight excluding hydrogens is 230 g/mol. The van der Waals surface area contributed by atoms with Crippen molar-refractivity contribution < 1.29 is 9.53 Å². The number of nitrogens with one attached hydrogen (secondary N) is 1. The smallest absolute Gasteiger partial charge is 0.255 e. The predicted molar refractivity (Wildman–Crippen MR) is 68.4 cm³/mol. The molecule has 1 aromatic heterocycles. The Bertz CT molecular complexity index is 549. The lowest BCUT2D eigenvalue weighted by Crippen LogP contribution is -2.11. The van der Waals surface area contributed by atoms with E-state index in [4.69, 9.17) is 4.74 Å². The summed E-state index contributed by atoms with van der Waals surface area (Å²) in [7, 11) is 1.59. The number of benzene rings is 1. The summed E-state index contributed by atoms with van der Waals surface area (Å²) in [6.45, 7) is 2.31. The minimum absolute atomic E-state index is 0.143. The summed E-state index contributed by atoms with van der Waals surface area (Å²) in [6.07, 6.45) is 3.31. The maximum Gasteiger partial charge on any atom is 0.255 e. The van der Waals surface area contributed by atoms with Crippen molar-refractivity contribution in [2.75, 3.05) is 12.4 Å². The summed E-state index contributed by atoms with van der Waals surface area (Å²) < 4.78 is 6.54. The molecule has 0 bridgehead atoms. The molecule has 0 radical (unpaired) electrons. The first-order valence-electron chi connectivity index (χ1n) is 5.58. The number of aromatic nitrogens is 2. The van der Waals surface area contributed by atoms with Gasteiger partial charge in [-0.05, 0) is 19.1 Å². The molecule has 5 nitrogen and oxygen atoms in total. The Morgan fingerprint density at radius 2 is 2.33 bits per heavy atom. The summed E-state index contributed by atoms with van der Waals surface area (Å²) >= 11 is 0. The number of ether oxygens (including phenoxy) is 1. The molecule has 0 aliphatic carbocycles. The molecule has 0 saturated heterocycles. The Hall–Kier alpha value is -2.14. The molecule has 18 heavy (non-hydrogen) atoms. The van der Waals surface area contributed by atoms with E-state index in [-0.39, 0.29) is 5.91 Å². The van der Waals surface area contributed by atoms with Gasteiger partial charge in [-0.3, -0.25) is 4.79 Å². The summed E-state index contributed by atoms with van der Waals surface area (Å²) in [5, 5.41) is 6.83. The number of nitrogens with zero attached hydrogens (tertiary/aromatic N) is 2. The molecule has 0 aliphatic heterocycles. The van der Waals surface area contributed by atoms with Crippen LogP contribution in [0.5, 0.6) is 0 Å². The molecule has 0 aliphatic rings. The molecule has 2 aromatic rings. The second-order valence-electron chi connectivity index (χ2n) is 4.01. The van der Waals surface area contributed by atoms with Crippen molar-refractivity contribution in [2.45, 2.75) is 13.7 Å². The van der Waals surface area contributed by atoms with Gasteiger partial charge in [0.1, 0.15) is 6.73 Å². The highest BCUT2D eigenvalue weighted by molar-refractivity contribution is 6.04. The van der Waals surface area contributed by atoms with Crippen molar-refractivity contribution in [1.82, 2.24) is 9.78 Å². The Balaban J connectivity index is 2.06. The van der Waals surface area contributed by atoms with Crippen LogP contribution < -0.4 is 5.32 Å². The Morgan fingerprint density at radius 1 is 1.50 bits per heavy atom. The van der Waals surface area contributed by atoms with Crippen molar-refractivity contribution >= 4 is 11.6 Å². The highest BCUT2D eigenvalue weighted by Crippen LogP contribution is 2.09. The van der Waals surface area contributed by atoms with Crippen LogP contribution in [0.2, 0.25) is 0 Å². The molecule has 1 heterocycles. The van der Waals surface area contributed by atoms with Crippen LogP contribution in [-0.2, 0) is 11.5 Å². The number of carbonyl (C=O) groups excluding carboxylic acids is 1. The van der Waals surface area contributed by atoms with E-state index in [9.17, 15) is 4.79 Å². The van der Waals surface area contributed by atoms with Gasteiger partial charge in [0.15, 0.2) is 0 Å². The lowest BCUT2D eigenvalue weighted by molar-refractivity contribution is 0.102. The van der Waals surface area contributed by atoms with Gasteiger partial charge in [-0.15, -0.1) is 0 Å². The molecule has 0 unspecified atom stereocenters. The maximum atomic E-state index is 12.0. The van der Waals surface area contributed by atoms with Gasteiger partial charge in [0.25, 0.3) is 5.91 Å². The van der Waals surface area contributed by atoms with Crippen LogP contribution >= 0.6 is 0 Å². The van der Waals surface area contributed by atoms with Gasteiger partial charge in [0.05, 0.1) is 18.1 Å². The fraction of sp³-hybridized carbons (Fsp3) is 0.231. The molecule has 5 heteroatoms. The summed E-state index contributed by atoms with van der Waals surface area (Å²) in [5.41, 5.74) is 2.34. The average Bonchev–Trinajstić information content (AvgIpc) is 2.77. The van der Waals surface area contributed by atoms with E-state index in [0.29, 0.717) is 18.0 Å². The molecule has 2 rings (SSSR count).